The molecule has 6 heteroatoms. The van der Waals surface area contributed by atoms with Crippen LogP contribution in [0.2, 0.25) is 0 Å². The molecule has 0 bridgehead atoms. The fraction of sp³-hybridized carbons (Fsp3) is 0.400. The lowest BCUT2D eigenvalue weighted by Crippen LogP contribution is -2.35. The third-order valence-electron chi connectivity index (χ3n) is 4.79. The summed E-state index contributed by atoms with van der Waals surface area (Å²) < 4.78 is 7.35. The minimum atomic E-state index is -0.644. The number of methoxy groups -OCH3 is 1. The SMILES string of the molecule is C=CCN1CCC(n2nccc2NC(=O)C(OC)c2ccccc2)CC1. The Morgan fingerprint density at radius 2 is 2.08 bits per heavy atom. The van der Waals surface area contributed by atoms with Gasteiger partial charge in [0, 0.05) is 32.8 Å². The van der Waals surface area contributed by atoms with Crippen LogP contribution in [0.4, 0.5) is 5.82 Å². The van der Waals surface area contributed by atoms with E-state index in [4.69, 9.17) is 4.74 Å². The van der Waals surface area contributed by atoms with E-state index in [1.165, 1.54) is 0 Å². The van der Waals surface area contributed by atoms with Gasteiger partial charge >= 0.3 is 0 Å². The van der Waals surface area contributed by atoms with Crippen molar-refractivity contribution in [1.82, 2.24) is 14.7 Å². The maximum atomic E-state index is 12.7. The second kappa shape index (κ2) is 8.78. The molecular weight excluding hydrogens is 328 g/mol. The lowest BCUT2D eigenvalue weighted by Gasteiger charge is -2.32. The third-order valence-corrected chi connectivity index (χ3v) is 4.79. The Morgan fingerprint density at radius 1 is 1.35 bits per heavy atom. The van der Waals surface area contributed by atoms with Crippen LogP contribution in [0.5, 0.6) is 0 Å². The van der Waals surface area contributed by atoms with Gasteiger partial charge in [0.05, 0.1) is 12.2 Å². The van der Waals surface area contributed by atoms with E-state index in [2.05, 4.69) is 21.9 Å². The zero-order chi connectivity index (χ0) is 18.4. The maximum Gasteiger partial charge on any atom is 0.259 e. The van der Waals surface area contributed by atoms with Crippen molar-refractivity contribution in [2.45, 2.75) is 25.0 Å². The highest BCUT2D eigenvalue weighted by molar-refractivity contribution is 5.94. The molecule has 1 amide bonds. The summed E-state index contributed by atoms with van der Waals surface area (Å²) in [4.78, 5) is 15.1. The molecule has 0 saturated carbocycles. The fourth-order valence-corrected chi connectivity index (χ4v) is 3.45. The van der Waals surface area contributed by atoms with E-state index in [1.54, 1.807) is 13.3 Å². The molecule has 1 N–H and O–H groups in total. The molecule has 1 fully saturated rings. The number of likely N-dealkylation sites (tertiary alicyclic amines) is 1. The van der Waals surface area contributed by atoms with Crippen LogP contribution in [-0.4, -0.2) is 47.3 Å². The number of piperidine rings is 1. The number of nitrogens with zero attached hydrogens (tertiary/aromatic N) is 3. The molecule has 0 radical (unpaired) electrons. The molecule has 6 nitrogen and oxygen atoms in total. The predicted molar refractivity (Wildman–Crippen MR) is 102 cm³/mol. The molecular formula is C20H26N4O2. The first-order chi connectivity index (χ1) is 12.7. The van der Waals surface area contributed by atoms with Gasteiger partial charge in [0.15, 0.2) is 6.10 Å². The van der Waals surface area contributed by atoms with Crippen LogP contribution in [0.25, 0.3) is 0 Å². The van der Waals surface area contributed by atoms with Gasteiger partial charge in [-0.05, 0) is 18.4 Å². The third kappa shape index (κ3) is 4.20. The van der Waals surface area contributed by atoms with Gasteiger partial charge in [-0.2, -0.15) is 5.10 Å². The standard InChI is InChI=1S/C20H26N4O2/c1-3-13-23-14-10-17(11-15-23)24-18(9-12-21-24)22-20(25)19(26-2)16-7-5-4-6-8-16/h3-9,12,17,19H,1,10-11,13-15H2,2H3,(H,22,25). The molecule has 1 aliphatic heterocycles. The van der Waals surface area contributed by atoms with Crippen LogP contribution in [-0.2, 0) is 9.53 Å². The summed E-state index contributed by atoms with van der Waals surface area (Å²) in [7, 11) is 1.55. The number of carbonyl (C=O) groups excluding carboxylic acids is 1. The molecule has 2 aromatic rings. The zero-order valence-electron chi connectivity index (χ0n) is 15.2. The highest BCUT2D eigenvalue weighted by atomic mass is 16.5. The fourth-order valence-electron chi connectivity index (χ4n) is 3.45. The Balaban J connectivity index is 1.67. The Hall–Kier alpha value is -2.44. The normalized spacial score (nSPS) is 17.0. The van der Waals surface area contributed by atoms with Crippen molar-refractivity contribution < 1.29 is 9.53 Å². The molecule has 1 saturated heterocycles. The number of benzene rings is 1. The zero-order valence-corrected chi connectivity index (χ0v) is 15.2. The summed E-state index contributed by atoms with van der Waals surface area (Å²) in [5.74, 6) is 0.527. The Bertz CT molecular complexity index is 720. The molecule has 1 aromatic carbocycles. The summed E-state index contributed by atoms with van der Waals surface area (Å²) in [6.45, 7) is 6.74. The van der Waals surface area contributed by atoms with Crippen molar-refractivity contribution >= 4 is 11.7 Å². The number of aromatic nitrogens is 2. The molecule has 1 unspecified atom stereocenters. The number of carbonyl (C=O) groups is 1. The van der Waals surface area contributed by atoms with Crippen molar-refractivity contribution in [3.8, 4) is 0 Å². The highest BCUT2D eigenvalue weighted by Gasteiger charge is 2.25. The van der Waals surface area contributed by atoms with E-state index in [1.807, 2.05) is 47.2 Å². The molecule has 26 heavy (non-hydrogen) atoms. The predicted octanol–water partition coefficient (Wildman–Crippen LogP) is 3.03. The second-order valence-electron chi connectivity index (χ2n) is 6.50. The van der Waals surface area contributed by atoms with Gasteiger partial charge in [-0.1, -0.05) is 36.4 Å². The summed E-state index contributed by atoms with van der Waals surface area (Å²) in [5.41, 5.74) is 0.830. The second-order valence-corrected chi connectivity index (χ2v) is 6.50. The van der Waals surface area contributed by atoms with Crippen molar-refractivity contribution in [3.05, 3.63) is 60.8 Å². The van der Waals surface area contributed by atoms with E-state index < -0.39 is 6.10 Å². The van der Waals surface area contributed by atoms with Gasteiger partial charge in [0.25, 0.3) is 5.91 Å². The monoisotopic (exact) mass is 354 g/mol. The van der Waals surface area contributed by atoms with Crippen molar-refractivity contribution in [2.75, 3.05) is 32.1 Å². The Kier molecular flexibility index (Phi) is 6.20. The molecule has 1 aromatic heterocycles. The van der Waals surface area contributed by atoms with E-state index in [9.17, 15) is 4.79 Å². The van der Waals surface area contributed by atoms with Gasteiger partial charge < -0.3 is 10.1 Å². The van der Waals surface area contributed by atoms with Gasteiger partial charge in [0.1, 0.15) is 5.82 Å². The van der Waals surface area contributed by atoms with E-state index in [0.717, 1.165) is 43.9 Å². The number of nitrogens with one attached hydrogen (secondary N) is 1. The average Bonchev–Trinajstić information content (AvgIpc) is 3.12. The average molecular weight is 354 g/mol. The quantitative estimate of drug-likeness (QED) is 0.777. The molecule has 1 aliphatic rings. The molecule has 0 spiro atoms. The van der Waals surface area contributed by atoms with Gasteiger partial charge in [-0.25, -0.2) is 4.68 Å². The van der Waals surface area contributed by atoms with Crippen LogP contribution in [0.1, 0.15) is 30.6 Å². The van der Waals surface area contributed by atoms with Crippen molar-refractivity contribution in [2.24, 2.45) is 0 Å². The lowest BCUT2D eigenvalue weighted by molar-refractivity contribution is -0.126. The van der Waals surface area contributed by atoms with Crippen molar-refractivity contribution in [3.63, 3.8) is 0 Å². The van der Waals surface area contributed by atoms with Gasteiger partial charge in [-0.3, -0.25) is 9.69 Å². The van der Waals surface area contributed by atoms with Gasteiger partial charge in [0.2, 0.25) is 0 Å². The minimum Gasteiger partial charge on any atom is -0.367 e. The summed E-state index contributed by atoms with van der Waals surface area (Å²) in [5, 5.41) is 7.42. The molecule has 0 aliphatic carbocycles. The number of amides is 1. The van der Waals surface area contributed by atoms with Gasteiger partial charge in [-0.15, -0.1) is 6.58 Å². The summed E-state index contributed by atoms with van der Waals surface area (Å²) in [6, 6.07) is 11.6. The number of rotatable bonds is 7. The van der Waals surface area contributed by atoms with E-state index in [0.29, 0.717) is 6.04 Å². The molecule has 1 atom stereocenters. The minimum absolute atomic E-state index is 0.190. The topological polar surface area (TPSA) is 59.4 Å². The maximum absolute atomic E-state index is 12.7. The summed E-state index contributed by atoms with van der Waals surface area (Å²) in [6.07, 6.45) is 5.04. The van der Waals surface area contributed by atoms with E-state index >= 15 is 0 Å². The molecule has 3 rings (SSSR count). The Morgan fingerprint density at radius 3 is 2.73 bits per heavy atom. The number of hydrogen-bond acceptors (Lipinski definition) is 4. The highest BCUT2D eigenvalue weighted by Crippen LogP contribution is 2.26. The molecule has 138 valence electrons. The number of anilines is 1. The van der Waals surface area contributed by atoms with Crippen molar-refractivity contribution in [1.29, 1.82) is 0 Å². The van der Waals surface area contributed by atoms with Crippen LogP contribution in [0, 0.1) is 0 Å². The van der Waals surface area contributed by atoms with E-state index in [-0.39, 0.29) is 5.91 Å². The summed E-state index contributed by atoms with van der Waals surface area (Å²) >= 11 is 0. The Labute approximate surface area is 154 Å². The van der Waals surface area contributed by atoms with Crippen LogP contribution in [0.15, 0.2) is 55.3 Å². The first kappa shape index (κ1) is 18.4. The van der Waals surface area contributed by atoms with Crippen LogP contribution >= 0.6 is 0 Å². The molecule has 2 heterocycles. The number of ether oxygens (including phenoxy) is 1. The van der Waals surface area contributed by atoms with Crippen LogP contribution in [0.3, 0.4) is 0 Å². The largest absolute Gasteiger partial charge is 0.367 e. The lowest BCUT2D eigenvalue weighted by atomic mass is 10.1. The first-order valence-electron chi connectivity index (χ1n) is 8.98. The first-order valence-corrected chi connectivity index (χ1v) is 8.98. The number of hydrogen-bond donors (Lipinski definition) is 1. The van der Waals surface area contributed by atoms with Crippen LogP contribution < -0.4 is 5.32 Å². The smallest absolute Gasteiger partial charge is 0.259 e.